The van der Waals surface area contributed by atoms with Gasteiger partial charge in [-0.1, -0.05) is 12.1 Å². The molecule has 0 saturated heterocycles. The fraction of sp³-hybridized carbons (Fsp3) is 0.238. The maximum atomic E-state index is 12.3. The molecule has 0 aliphatic carbocycles. The third-order valence-corrected chi connectivity index (χ3v) is 4.44. The molecule has 0 aliphatic heterocycles. The first-order valence-electron chi connectivity index (χ1n) is 8.63. The van der Waals surface area contributed by atoms with E-state index in [1.54, 1.807) is 18.2 Å². The van der Waals surface area contributed by atoms with Crippen molar-refractivity contribution in [3.8, 4) is 11.5 Å². The molecule has 1 amide bonds. The van der Waals surface area contributed by atoms with Crippen molar-refractivity contribution in [2.75, 3.05) is 13.7 Å². The number of pyridine rings is 1. The van der Waals surface area contributed by atoms with Crippen LogP contribution >= 0.6 is 0 Å². The molecule has 0 saturated carbocycles. The fourth-order valence-electron chi connectivity index (χ4n) is 2.78. The highest BCUT2D eigenvalue weighted by molar-refractivity contribution is 5.81. The van der Waals surface area contributed by atoms with Gasteiger partial charge in [0, 0.05) is 17.6 Å². The molecule has 0 aliphatic rings. The van der Waals surface area contributed by atoms with E-state index in [2.05, 4.69) is 10.3 Å². The molecule has 2 aromatic carbocycles. The van der Waals surface area contributed by atoms with E-state index in [1.165, 1.54) is 7.11 Å². The molecular weight excluding hydrogens is 344 g/mol. The molecule has 6 nitrogen and oxygen atoms in total. The zero-order chi connectivity index (χ0) is 19.4. The Kier molecular flexibility index (Phi) is 5.45. The Bertz CT molecular complexity index is 1040. The molecule has 1 aromatic heterocycles. The largest absolute Gasteiger partial charge is 0.493 e. The molecule has 0 spiro atoms. The van der Waals surface area contributed by atoms with Gasteiger partial charge in [-0.3, -0.25) is 9.59 Å². The Balaban J connectivity index is 1.65. The number of carbonyl (C=O) groups is 1. The number of amides is 1. The first-order valence-corrected chi connectivity index (χ1v) is 8.63. The number of methoxy groups -OCH3 is 1. The van der Waals surface area contributed by atoms with Crippen LogP contribution < -0.4 is 20.3 Å². The Hall–Kier alpha value is -3.28. The molecule has 1 heterocycles. The number of para-hydroxylation sites is 2. The van der Waals surface area contributed by atoms with E-state index in [0.717, 1.165) is 22.0 Å². The van der Waals surface area contributed by atoms with Crippen molar-refractivity contribution in [1.29, 1.82) is 0 Å². The number of carbonyl (C=O) groups excluding carboxylic acids is 1. The topological polar surface area (TPSA) is 80.4 Å². The second kappa shape index (κ2) is 7.95. The van der Waals surface area contributed by atoms with Gasteiger partial charge in [-0.25, -0.2) is 0 Å². The Morgan fingerprint density at radius 1 is 1.07 bits per heavy atom. The summed E-state index contributed by atoms with van der Waals surface area (Å²) in [7, 11) is 1.54. The van der Waals surface area contributed by atoms with Gasteiger partial charge in [0.1, 0.15) is 0 Å². The number of aromatic amines is 1. The van der Waals surface area contributed by atoms with Crippen molar-refractivity contribution in [1.82, 2.24) is 10.3 Å². The summed E-state index contributed by atoms with van der Waals surface area (Å²) < 4.78 is 10.7. The predicted octanol–water partition coefficient (Wildman–Crippen LogP) is 2.85. The minimum atomic E-state index is -0.319. The van der Waals surface area contributed by atoms with Crippen LogP contribution in [-0.4, -0.2) is 24.6 Å². The van der Waals surface area contributed by atoms with Gasteiger partial charge in [0.25, 0.3) is 11.5 Å². The number of aryl methyl sites for hydroxylation is 2. The lowest BCUT2D eigenvalue weighted by atomic mass is 10.1. The number of H-pyrrole nitrogens is 1. The summed E-state index contributed by atoms with van der Waals surface area (Å²) in [5.74, 6) is 0.729. The van der Waals surface area contributed by atoms with Crippen LogP contribution in [0.3, 0.4) is 0 Å². The van der Waals surface area contributed by atoms with Crippen LogP contribution in [0.15, 0.2) is 47.3 Å². The van der Waals surface area contributed by atoms with Gasteiger partial charge in [0.2, 0.25) is 0 Å². The maximum Gasteiger partial charge on any atom is 0.258 e. The number of nitrogens with one attached hydrogen (secondary N) is 2. The lowest BCUT2D eigenvalue weighted by Crippen LogP contribution is -2.30. The van der Waals surface area contributed by atoms with E-state index in [0.29, 0.717) is 17.1 Å². The molecule has 0 atom stereocenters. The van der Waals surface area contributed by atoms with Gasteiger partial charge in [-0.2, -0.15) is 0 Å². The molecule has 0 fully saturated rings. The second-order valence-electron chi connectivity index (χ2n) is 6.36. The van der Waals surface area contributed by atoms with Crippen molar-refractivity contribution in [3.05, 3.63) is 69.5 Å². The van der Waals surface area contributed by atoms with Crippen molar-refractivity contribution >= 4 is 16.8 Å². The monoisotopic (exact) mass is 366 g/mol. The van der Waals surface area contributed by atoms with Crippen LogP contribution in [0, 0.1) is 13.8 Å². The van der Waals surface area contributed by atoms with Crippen molar-refractivity contribution < 1.29 is 14.3 Å². The van der Waals surface area contributed by atoms with Crippen LogP contribution in [0.1, 0.15) is 16.7 Å². The Morgan fingerprint density at radius 3 is 2.52 bits per heavy atom. The highest BCUT2D eigenvalue weighted by atomic mass is 16.5. The zero-order valence-corrected chi connectivity index (χ0v) is 15.6. The van der Waals surface area contributed by atoms with Crippen molar-refractivity contribution in [2.24, 2.45) is 0 Å². The number of aromatic nitrogens is 1. The molecule has 0 bridgehead atoms. The van der Waals surface area contributed by atoms with E-state index in [4.69, 9.17) is 9.47 Å². The predicted molar refractivity (Wildman–Crippen MR) is 104 cm³/mol. The average Bonchev–Trinajstić information content (AvgIpc) is 2.66. The number of hydrogen-bond donors (Lipinski definition) is 2. The van der Waals surface area contributed by atoms with Gasteiger partial charge in [0.15, 0.2) is 18.1 Å². The lowest BCUT2D eigenvalue weighted by Gasteiger charge is -2.11. The lowest BCUT2D eigenvalue weighted by molar-refractivity contribution is -0.123. The standard InChI is InChI=1S/C21H22N2O4/c1-13-8-15-10-16(21(25)23-17(15)9-14(13)2)11-22-20(24)12-27-19-7-5-4-6-18(19)26-3/h4-10H,11-12H2,1-3H3,(H,22,24)(H,23,25). The summed E-state index contributed by atoms with van der Waals surface area (Å²) >= 11 is 0. The summed E-state index contributed by atoms with van der Waals surface area (Å²) in [6.07, 6.45) is 0. The van der Waals surface area contributed by atoms with Crippen LogP contribution in [0.4, 0.5) is 0 Å². The van der Waals surface area contributed by atoms with Crippen LogP contribution in [0.5, 0.6) is 11.5 Å². The summed E-state index contributed by atoms with van der Waals surface area (Å²) in [4.78, 5) is 27.2. The molecule has 27 heavy (non-hydrogen) atoms. The molecule has 140 valence electrons. The summed E-state index contributed by atoms with van der Waals surface area (Å²) in [5.41, 5.74) is 3.34. The van der Waals surface area contributed by atoms with Gasteiger partial charge < -0.3 is 19.8 Å². The first-order chi connectivity index (χ1) is 13.0. The molecule has 6 heteroatoms. The number of rotatable bonds is 6. The summed E-state index contributed by atoms with van der Waals surface area (Å²) in [6, 6.07) is 12.9. The molecule has 0 unspecified atom stereocenters. The quantitative estimate of drug-likeness (QED) is 0.703. The van der Waals surface area contributed by atoms with E-state index in [9.17, 15) is 9.59 Å². The SMILES string of the molecule is COc1ccccc1OCC(=O)NCc1cc2cc(C)c(C)cc2[nH]c1=O. The fourth-order valence-corrected chi connectivity index (χ4v) is 2.78. The Morgan fingerprint density at radius 2 is 1.78 bits per heavy atom. The number of hydrogen-bond acceptors (Lipinski definition) is 4. The first kappa shape index (κ1) is 18.5. The number of fused-ring (bicyclic) bond motifs is 1. The minimum absolute atomic E-state index is 0.131. The smallest absolute Gasteiger partial charge is 0.258 e. The zero-order valence-electron chi connectivity index (χ0n) is 15.6. The van der Waals surface area contributed by atoms with Crippen molar-refractivity contribution in [3.63, 3.8) is 0 Å². The molecule has 3 rings (SSSR count). The van der Waals surface area contributed by atoms with E-state index in [1.807, 2.05) is 38.1 Å². The summed E-state index contributed by atoms with van der Waals surface area (Å²) in [6.45, 7) is 4.00. The van der Waals surface area contributed by atoms with E-state index >= 15 is 0 Å². The minimum Gasteiger partial charge on any atom is -0.493 e. The molecular formula is C21H22N2O4. The average molecular weight is 366 g/mol. The maximum absolute atomic E-state index is 12.3. The molecule has 3 aromatic rings. The number of ether oxygens (including phenoxy) is 2. The highest BCUT2D eigenvalue weighted by Crippen LogP contribution is 2.25. The highest BCUT2D eigenvalue weighted by Gasteiger charge is 2.09. The third-order valence-electron chi connectivity index (χ3n) is 4.44. The summed E-state index contributed by atoms with van der Waals surface area (Å²) in [5, 5.41) is 3.65. The third kappa shape index (κ3) is 4.28. The van der Waals surface area contributed by atoms with Gasteiger partial charge in [-0.15, -0.1) is 0 Å². The van der Waals surface area contributed by atoms with Crippen LogP contribution in [0.25, 0.3) is 10.9 Å². The molecule has 2 N–H and O–H groups in total. The molecule has 0 radical (unpaired) electrons. The van der Waals surface area contributed by atoms with Crippen molar-refractivity contribution in [2.45, 2.75) is 20.4 Å². The van der Waals surface area contributed by atoms with Gasteiger partial charge >= 0.3 is 0 Å². The van der Waals surface area contributed by atoms with Crippen LogP contribution in [0.2, 0.25) is 0 Å². The van der Waals surface area contributed by atoms with E-state index in [-0.39, 0.29) is 24.6 Å². The van der Waals surface area contributed by atoms with Gasteiger partial charge in [0.05, 0.1) is 7.11 Å². The van der Waals surface area contributed by atoms with Crippen LogP contribution in [-0.2, 0) is 11.3 Å². The second-order valence-corrected chi connectivity index (χ2v) is 6.36. The normalized spacial score (nSPS) is 10.6. The Labute approximate surface area is 157 Å². The van der Waals surface area contributed by atoms with Gasteiger partial charge in [-0.05, 0) is 60.7 Å². The van der Waals surface area contributed by atoms with E-state index < -0.39 is 0 Å². The number of benzene rings is 2.